The number of amides is 1. The van der Waals surface area contributed by atoms with E-state index in [0.717, 1.165) is 21.8 Å². The second kappa shape index (κ2) is 7.57. The summed E-state index contributed by atoms with van der Waals surface area (Å²) >= 11 is 7.41. The van der Waals surface area contributed by atoms with Gasteiger partial charge in [0.15, 0.2) is 0 Å². The third kappa shape index (κ3) is 3.82. The van der Waals surface area contributed by atoms with E-state index in [1.54, 1.807) is 18.6 Å². The molecule has 0 aliphatic carbocycles. The lowest BCUT2D eigenvalue weighted by Crippen LogP contribution is -2.13. The molecule has 0 fully saturated rings. The number of aromatic nitrogens is 1. The fourth-order valence-corrected chi connectivity index (χ4v) is 3.23. The van der Waals surface area contributed by atoms with Crippen molar-refractivity contribution in [3.8, 4) is 10.6 Å². The molecule has 0 aliphatic heterocycles. The number of carbonyl (C=O) groups is 1. The van der Waals surface area contributed by atoms with Crippen molar-refractivity contribution in [2.24, 2.45) is 0 Å². The van der Waals surface area contributed by atoms with E-state index in [0.29, 0.717) is 17.3 Å². The number of nitrogens with zero attached hydrogens (tertiary/aromatic N) is 1. The number of ether oxygens (including phenoxy) is 1. The Morgan fingerprint density at radius 2 is 2.08 bits per heavy atom. The summed E-state index contributed by atoms with van der Waals surface area (Å²) in [5, 5.41) is 6.03. The molecule has 1 aromatic heterocycles. The maximum atomic E-state index is 12.4. The van der Waals surface area contributed by atoms with Crippen molar-refractivity contribution in [2.45, 2.75) is 6.61 Å². The number of para-hydroxylation sites is 1. The van der Waals surface area contributed by atoms with E-state index >= 15 is 0 Å². The number of hydrogen-bond acceptors (Lipinski definition) is 4. The number of rotatable bonds is 5. The number of benzene rings is 2. The Morgan fingerprint density at radius 1 is 1.25 bits per heavy atom. The number of nitrogens with one attached hydrogen (secondary N) is 1. The van der Waals surface area contributed by atoms with Gasteiger partial charge in [0, 0.05) is 34.3 Å². The van der Waals surface area contributed by atoms with E-state index in [4.69, 9.17) is 16.3 Å². The minimum atomic E-state index is -0.247. The van der Waals surface area contributed by atoms with Gasteiger partial charge in [-0.2, -0.15) is 0 Å². The molecule has 3 rings (SSSR count). The van der Waals surface area contributed by atoms with Gasteiger partial charge in [-0.15, -0.1) is 11.3 Å². The average Bonchev–Trinajstić information content (AvgIpc) is 3.07. The summed E-state index contributed by atoms with van der Waals surface area (Å²) in [4.78, 5) is 16.9. The Bertz CT molecular complexity index is 863. The van der Waals surface area contributed by atoms with E-state index in [1.165, 1.54) is 11.3 Å². The van der Waals surface area contributed by atoms with Gasteiger partial charge >= 0.3 is 0 Å². The predicted molar refractivity (Wildman–Crippen MR) is 97.7 cm³/mol. The Kier molecular flexibility index (Phi) is 5.25. The highest BCUT2D eigenvalue weighted by atomic mass is 35.5. The molecule has 6 heteroatoms. The zero-order valence-electron chi connectivity index (χ0n) is 13.0. The topological polar surface area (TPSA) is 51.2 Å². The fourth-order valence-electron chi connectivity index (χ4n) is 2.24. The number of halogens is 1. The summed E-state index contributed by atoms with van der Waals surface area (Å²) in [5.41, 5.74) is 2.91. The molecule has 0 radical (unpaired) electrons. The van der Waals surface area contributed by atoms with Crippen LogP contribution in [0.3, 0.4) is 0 Å². The molecule has 0 saturated carbocycles. The van der Waals surface area contributed by atoms with Crippen LogP contribution in [0.5, 0.6) is 0 Å². The lowest BCUT2D eigenvalue weighted by molar-refractivity contribution is 0.102. The first kappa shape index (κ1) is 16.6. The predicted octanol–water partition coefficient (Wildman–Crippen LogP) is 4.86. The van der Waals surface area contributed by atoms with Crippen LogP contribution in [0.25, 0.3) is 10.6 Å². The molecule has 2 aromatic carbocycles. The Labute approximate surface area is 149 Å². The summed E-state index contributed by atoms with van der Waals surface area (Å²) in [7, 11) is 1.62. The van der Waals surface area contributed by atoms with Gasteiger partial charge < -0.3 is 10.1 Å². The number of carbonyl (C=O) groups excluding carboxylic acids is 1. The first-order valence-electron chi connectivity index (χ1n) is 7.27. The number of anilines is 1. The second-order valence-corrected chi connectivity index (χ2v) is 6.39. The third-order valence-electron chi connectivity index (χ3n) is 3.37. The maximum Gasteiger partial charge on any atom is 0.275 e. The average molecular weight is 359 g/mol. The normalized spacial score (nSPS) is 10.6. The van der Waals surface area contributed by atoms with E-state index in [-0.39, 0.29) is 5.91 Å². The zero-order valence-corrected chi connectivity index (χ0v) is 14.5. The first-order chi connectivity index (χ1) is 11.7. The minimum Gasteiger partial charge on any atom is -0.380 e. The smallest absolute Gasteiger partial charge is 0.275 e. The van der Waals surface area contributed by atoms with Crippen LogP contribution in [0.1, 0.15) is 16.1 Å². The highest BCUT2D eigenvalue weighted by Crippen LogP contribution is 2.26. The third-order valence-corrected chi connectivity index (χ3v) is 4.50. The van der Waals surface area contributed by atoms with Crippen LogP contribution >= 0.6 is 22.9 Å². The second-order valence-electron chi connectivity index (χ2n) is 5.09. The molecular weight excluding hydrogens is 344 g/mol. The van der Waals surface area contributed by atoms with Crippen molar-refractivity contribution in [3.63, 3.8) is 0 Å². The van der Waals surface area contributed by atoms with E-state index < -0.39 is 0 Å². The van der Waals surface area contributed by atoms with Crippen molar-refractivity contribution in [1.82, 2.24) is 4.98 Å². The van der Waals surface area contributed by atoms with Crippen molar-refractivity contribution in [1.29, 1.82) is 0 Å². The molecule has 1 N–H and O–H groups in total. The zero-order chi connectivity index (χ0) is 16.9. The quantitative estimate of drug-likeness (QED) is 0.708. The summed E-state index contributed by atoms with van der Waals surface area (Å²) in [6.45, 7) is 0.432. The summed E-state index contributed by atoms with van der Waals surface area (Å²) in [5.74, 6) is -0.247. The number of thiazole rings is 1. The first-order valence-corrected chi connectivity index (χ1v) is 8.53. The van der Waals surface area contributed by atoms with Crippen molar-refractivity contribution < 1.29 is 9.53 Å². The Morgan fingerprint density at radius 3 is 2.88 bits per heavy atom. The van der Waals surface area contributed by atoms with Gasteiger partial charge in [-0.25, -0.2) is 4.98 Å². The molecule has 0 saturated heterocycles. The monoisotopic (exact) mass is 358 g/mol. The van der Waals surface area contributed by atoms with E-state index in [2.05, 4.69) is 10.3 Å². The van der Waals surface area contributed by atoms with Gasteiger partial charge in [-0.05, 0) is 18.2 Å². The lowest BCUT2D eigenvalue weighted by Gasteiger charge is -2.09. The van der Waals surface area contributed by atoms with Gasteiger partial charge in [0.25, 0.3) is 5.91 Å². The molecule has 4 nitrogen and oxygen atoms in total. The molecule has 1 amide bonds. The highest BCUT2D eigenvalue weighted by Gasteiger charge is 2.13. The van der Waals surface area contributed by atoms with Gasteiger partial charge in [0.05, 0.1) is 6.61 Å². The summed E-state index contributed by atoms with van der Waals surface area (Å²) in [6.07, 6.45) is 0. The molecular formula is C18H15ClN2O2S. The van der Waals surface area contributed by atoms with Crippen molar-refractivity contribution >= 4 is 34.5 Å². The van der Waals surface area contributed by atoms with E-state index in [9.17, 15) is 4.79 Å². The molecule has 0 unspecified atom stereocenters. The maximum absolute atomic E-state index is 12.4. The molecule has 0 bridgehead atoms. The largest absolute Gasteiger partial charge is 0.380 e. The van der Waals surface area contributed by atoms with Crippen LogP contribution in [-0.4, -0.2) is 18.0 Å². The Hall–Kier alpha value is -2.21. The molecule has 1 heterocycles. The van der Waals surface area contributed by atoms with Crippen LogP contribution in [0.4, 0.5) is 5.69 Å². The van der Waals surface area contributed by atoms with Gasteiger partial charge in [-0.3, -0.25) is 4.79 Å². The van der Waals surface area contributed by atoms with Crippen LogP contribution in [0, 0.1) is 0 Å². The van der Waals surface area contributed by atoms with Crippen LogP contribution in [0.15, 0.2) is 53.9 Å². The molecule has 24 heavy (non-hydrogen) atoms. The summed E-state index contributed by atoms with van der Waals surface area (Å²) < 4.78 is 5.15. The standard InChI is InChI=1S/C18H15ClN2O2S/c1-23-10-13-5-2-3-8-15(13)20-17(22)16-11-24-18(21-16)12-6-4-7-14(19)9-12/h2-9,11H,10H2,1H3,(H,20,22). The molecule has 3 aromatic rings. The van der Waals surface area contributed by atoms with Crippen LogP contribution < -0.4 is 5.32 Å². The highest BCUT2D eigenvalue weighted by molar-refractivity contribution is 7.13. The fraction of sp³-hybridized carbons (Fsp3) is 0.111. The Balaban J connectivity index is 1.79. The molecule has 0 atom stereocenters. The van der Waals surface area contributed by atoms with E-state index in [1.807, 2.05) is 42.5 Å². The molecule has 0 spiro atoms. The van der Waals surface area contributed by atoms with Gasteiger partial charge in [0.1, 0.15) is 10.7 Å². The molecule has 0 aliphatic rings. The van der Waals surface area contributed by atoms with Crippen LogP contribution in [-0.2, 0) is 11.3 Å². The summed E-state index contributed by atoms with van der Waals surface area (Å²) in [6, 6.07) is 14.9. The van der Waals surface area contributed by atoms with Crippen LogP contribution in [0.2, 0.25) is 5.02 Å². The number of hydrogen-bond donors (Lipinski definition) is 1. The van der Waals surface area contributed by atoms with Crippen molar-refractivity contribution in [3.05, 3.63) is 70.2 Å². The lowest BCUT2D eigenvalue weighted by atomic mass is 10.2. The minimum absolute atomic E-state index is 0.247. The van der Waals surface area contributed by atoms with Crippen molar-refractivity contribution in [2.75, 3.05) is 12.4 Å². The molecule has 122 valence electrons. The number of methoxy groups -OCH3 is 1. The SMILES string of the molecule is COCc1ccccc1NC(=O)c1csc(-c2cccc(Cl)c2)n1. The van der Waals surface area contributed by atoms with Gasteiger partial charge in [-0.1, -0.05) is 41.9 Å². The van der Waals surface area contributed by atoms with Gasteiger partial charge in [0.2, 0.25) is 0 Å².